The van der Waals surface area contributed by atoms with Crippen LogP contribution in [0.4, 0.5) is 0 Å². The first-order chi connectivity index (χ1) is 9.35. The van der Waals surface area contributed by atoms with E-state index in [1.165, 1.54) is 17.1 Å². The molecule has 0 bridgehead atoms. The zero-order chi connectivity index (χ0) is 14.9. The van der Waals surface area contributed by atoms with Gasteiger partial charge in [0.25, 0.3) is 10.0 Å². The fraction of sp³-hybridized carbons (Fsp3) is 0.500. The fourth-order valence-corrected chi connectivity index (χ4v) is 3.94. The minimum Gasteiger partial charge on any atom is -0.389 e. The van der Waals surface area contributed by atoms with Gasteiger partial charge in [0, 0.05) is 11.9 Å². The number of hydrogen-bond acceptors (Lipinski definition) is 5. The number of nitrogens with zero attached hydrogens (tertiary/aromatic N) is 1. The molecule has 0 amide bonds. The molecule has 1 aliphatic heterocycles. The predicted molar refractivity (Wildman–Crippen MR) is 77.8 cm³/mol. The molecule has 20 heavy (non-hydrogen) atoms. The second-order valence-electron chi connectivity index (χ2n) is 4.84. The first-order valence-electron chi connectivity index (χ1n) is 6.13. The Morgan fingerprint density at radius 1 is 1.35 bits per heavy atom. The molecule has 0 aliphatic carbocycles. The third-order valence-electron chi connectivity index (χ3n) is 3.30. The summed E-state index contributed by atoms with van der Waals surface area (Å²) < 4.78 is 24.5. The van der Waals surface area contributed by atoms with E-state index in [0.29, 0.717) is 5.33 Å². The van der Waals surface area contributed by atoms with Crippen LogP contribution in [0.3, 0.4) is 0 Å². The third-order valence-corrected chi connectivity index (χ3v) is 5.33. The average Bonchev–Trinajstić information content (AvgIpc) is 2.64. The number of aliphatic hydroxyl groups excluding tert-OH is 2. The number of aryl methyl sites for hydroxylation is 1. The van der Waals surface area contributed by atoms with Crippen LogP contribution in [-0.4, -0.2) is 53.8 Å². The minimum absolute atomic E-state index is 0.0442. The lowest BCUT2D eigenvalue weighted by atomic mass is 10.2. The molecule has 2 rings (SSSR count). The molecule has 0 radical (unpaired) electrons. The molecular formula is C12H17BrN2O4S. The monoisotopic (exact) mass is 364 g/mol. The van der Waals surface area contributed by atoms with Gasteiger partial charge in [-0.15, -0.1) is 4.83 Å². The molecule has 1 aromatic carbocycles. The number of nitrogens with one attached hydrogen (secondary N) is 1. The zero-order valence-corrected chi connectivity index (χ0v) is 13.3. The first-order valence-corrected chi connectivity index (χ1v) is 8.73. The molecule has 1 aromatic rings. The summed E-state index contributed by atoms with van der Waals surface area (Å²) in [5.74, 6) is 0. The molecule has 0 spiro atoms. The van der Waals surface area contributed by atoms with Crippen molar-refractivity contribution in [3.05, 3.63) is 29.8 Å². The quantitative estimate of drug-likeness (QED) is 0.653. The van der Waals surface area contributed by atoms with Gasteiger partial charge in [0.2, 0.25) is 0 Å². The van der Waals surface area contributed by atoms with Gasteiger partial charge in [-0.25, -0.2) is 13.4 Å². The highest BCUT2D eigenvalue weighted by Crippen LogP contribution is 2.20. The summed E-state index contributed by atoms with van der Waals surface area (Å²) in [6, 6.07) is 5.95. The Kier molecular flexibility index (Phi) is 4.83. The van der Waals surface area contributed by atoms with Crippen molar-refractivity contribution in [2.24, 2.45) is 0 Å². The summed E-state index contributed by atoms with van der Waals surface area (Å²) in [7, 11) is -3.72. The number of aliphatic hydroxyl groups is 2. The van der Waals surface area contributed by atoms with Gasteiger partial charge < -0.3 is 10.2 Å². The fourth-order valence-electron chi connectivity index (χ4n) is 2.09. The van der Waals surface area contributed by atoms with Gasteiger partial charge in [-0.05, 0) is 19.1 Å². The Balaban J connectivity index is 2.18. The lowest BCUT2D eigenvalue weighted by Gasteiger charge is -2.24. The zero-order valence-electron chi connectivity index (χ0n) is 10.9. The van der Waals surface area contributed by atoms with Crippen molar-refractivity contribution in [2.75, 3.05) is 11.9 Å². The standard InChI is InChI=1S/C12H17BrN2O4S/c1-8-2-4-9(5-3-8)20(18,19)14-15-7-11(16)12(17)10(15)6-13/h2-5,10-12,14,16-17H,6-7H2,1H3/t10-,11-,12+/m1/s1. The second-order valence-corrected chi connectivity index (χ2v) is 7.15. The van der Waals surface area contributed by atoms with E-state index < -0.39 is 28.3 Å². The normalized spacial score (nSPS) is 27.9. The van der Waals surface area contributed by atoms with Crippen molar-refractivity contribution < 1.29 is 18.6 Å². The molecule has 3 atom stereocenters. The molecule has 0 saturated carbocycles. The van der Waals surface area contributed by atoms with Gasteiger partial charge in [0.05, 0.1) is 23.1 Å². The number of rotatable bonds is 4. The van der Waals surface area contributed by atoms with Crippen molar-refractivity contribution in [1.82, 2.24) is 9.84 Å². The lowest BCUT2D eigenvalue weighted by Crippen LogP contribution is -2.48. The highest BCUT2D eigenvalue weighted by Gasteiger charge is 2.41. The SMILES string of the molecule is Cc1ccc(S(=O)(=O)NN2C[C@@H](O)[C@@H](O)[C@H]2CBr)cc1. The van der Waals surface area contributed by atoms with E-state index in [2.05, 4.69) is 20.8 Å². The second kappa shape index (κ2) is 6.08. The van der Waals surface area contributed by atoms with Crippen LogP contribution in [0.15, 0.2) is 29.2 Å². The molecular weight excluding hydrogens is 348 g/mol. The van der Waals surface area contributed by atoms with Gasteiger partial charge in [-0.1, -0.05) is 33.6 Å². The Bertz CT molecular complexity index is 563. The van der Waals surface area contributed by atoms with Crippen LogP contribution in [-0.2, 0) is 10.0 Å². The number of hydrazine groups is 1. The third kappa shape index (κ3) is 3.21. The Morgan fingerprint density at radius 2 is 1.95 bits per heavy atom. The molecule has 0 unspecified atom stereocenters. The van der Waals surface area contributed by atoms with E-state index in [1.807, 2.05) is 6.92 Å². The van der Waals surface area contributed by atoms with Crippen molar-refractivity contribution in [3.63, 3.8) is 0 Å². The van der Waals surface area contributed by atoms with E-state index in [-0.39, 0.29) is 11.4 Å². The van der Waals surface area contributed by atoms with E-state index in [9.17, 15) is 18.6 Å². The van der Waals surface area contributed by atoms with Crippen LogP contribution in [0.1, 0.15) is 5.56 Å². The summed E-state index contributed by atoms with van der Waals surface area (Å²) in [4.78, 5) is 2.55. The highest BCUT2D eigenvalue weighted by atomic mass is 79.9. The number of hydrogen-bond donors (Lipinski definition) is 3. The van der Waals surface area contributed by atoms with E-state index >= 15 is 0 Å². The molecule has 3 N–H and O–H groups in total. The van der Waals surface area contributed by atoms with Crippen LogP contribution >= 0.6 is 15.9 Å². The molecule has 1 fully saturated rings. The predicted octanol–water partition coefficient (Wildman–Crippen LogP) is -0.0108. The first kappa shape index (κ1) is 15.9. The lowest BCUT2D eigenvalue weighted by molar-refractivity contribution is 0.0421. The molecule has 112 valence electrons. The topological polar surface area (TPSA) is 89.9 Å². The Hall–Kier alpha value is -0.510. The van der Waals surface area contributed by atoms with Gasteiger partial charge >= 0.3 is 0 Å². The Morgan fingerprint density at radius 3 is 2.50 bits per heavy atom. The van der Waals surface area contributed by atoms with Crippen molar-refractivity contribution in [1.29, 1.82) is 0 Å². The Labute approximate surface area is 126 Å². The van der Waals surface area contributed by atoms with Crippen LogP contribution < -0.4 is 4.83 Å². The number of β-amino-alcohol motifs (C(OH)–C–C–N with tert-alkyl or cyclic N) is 1. The smallest absolute Gasteiger partial charge is 0.253 e. The summed E-state index contributed by atoms with van der Waals surface area (Å²) in [5, 5.41) is 21.1. The van der Waals surface area contributed by atoms with Crippen LogP contribution in [0, 0.1) is 6.92 Å². The van der Waals surface area contributed by atoms with E-state index in [0.717, 1.165) is 5.56 Å². The molecule has 1 aliphatic rings. The van der Waals surface area contributed by atoms with E-state index in [1.54, 1.807) is 12.1 Å². The molecule has 0 aromatic heterocycles. The maximum absolute atomic E-state index is 12.2. The number of alkyl halides is 1. The number of sulfonamides is 1. The van der Waals surface area contributed by atoms with Crippen molar-refractivity contribution in [2.45, 2.75) is 30.1 Å². The molecule has 1 heterocycles. The van der Waals surface area contributed by atoms with E-state index in [4.69, 9.17) is 0 Å². The van der Waals surface area contributed by atoms with Crippen molar-refractivity contribution >= 4 is 26.0 Å². The van der Waals surface area contributed by atoms with Crippen LogP contribution in [0.5, 0.6) is 0 Å². The molecule has 6 nitrogen and oxygen atoms in total. The number of halogens is 1. The van der Waals surface area contributed by atoms with Gasteiger partial charge in [0.15, 0.2) is 0 Å². The van der Waals surface area contributed by atoms with Gasteiger partial charge in [-0.3, -0.25) is 0 Å². The van der Waals surface area contributed by atoms with Gasteiger partial charge in [-0.2, -0.15) is 0 Å². The minimum atomic E-state index is -3.72. The highest BCUT2D eigenvalue weighted by molar-refractivity contribution is 9.09. The number of benzene rings is 1. The average molecular weight is 365 g/mol. The summed E-state index contributed by atoms with van der Waals surface area (Å²) >= 11 is 3.21. The van der Waals surface area contributed by atoms with Crippen molar-refractivity contribution in [3.8, 4) is 0 Å². The summed E-state index contributed by atoms with van der Waals surface area (Å²) in [6.07, 6.45) is -1.96. The van der Waals surface area contributed by atoms with Crippen LogP contribution in [0.25, 0.3) is 0 Å². The summed E-state index contributed by atoms with van der Waals surface area (Å²) in [6.45, 7) is 1.92. The maximum Gasteiger partial charge on any atom is 0.253 e. The molecule has 1 saturated heterocycles. The van der Waals surface area contributed by atoms with Crippen LogP contribution in [0.2, 0.25) is 0 Å². The van der Waals surface area contributed by atoms with Gasteiger partial charge in [0.1, 0.15) is 0 Å². The maximum atomic E-state index is 12.2. The largest absolute Gasteiger partial charge is 0.389 e. The summed E-state index contributed by atoms with van der Waals surface area (Å²) in [5.41, 5.74) is 0.967. The molecule has 8 heteroatoms.